The van der Waals surface area contributed by atoms with E-state index in [4.69, 9.17) is 4.74 Å². The lowest BCUT2D eigenvalue weighted by molar-refractivity contribution is -0.141. The summed E-state index contributed by atoms with van der Waals surface area (Å²) in [6, 6.07) is -0.272. The molecule has 0 atom stereocenters. The number of anilines is 1. The summed E-state index contributed by atoms with van der Waals surface area (Å²) in [5, 5.41) is 6.45. The molecule has 2 N–H and O–H groups in total. The maximum absolute atomic E-state index is 13.4. The molecular formula is C21H28F3N5O4S. The number of nitrogens with one attached hydrogen (secondary N) is 2. The third-order valence-electron chi connectivity index (χ3n) is 5.23. The van der Waals surface area contributed by atoms with Gasteiger partial charge in [0.2, 0.25) is 5.88 Å². The number of fused-ring (bicyclic) bond motifs is 1. The van der Waals surface area contributed by atoms with E-state index in [1.165, 1.54) is 4.68 Å². The number of rotatable bonds is 5. The minimum atomic E-state index is -4.67. The quantitative estimate of drug-likeness (QED) is 0.622. The predicted molar refractivity (Wildman–Crippen MR) is 118 cm³/mol. The van der Waals surface area contributed by atoms with Gasteiger partial charge in [0.25, 0.3) is 10.0 Å². The van der Waals surface area contributed by atoms with Crippen molar-refractivity contribution in [3.63, 3.8) is 0 Å². The molecule has 188 valence electrons. The molecule has 1 aliphatic heterocycles. The van der Waals surface area contributed by atoms with Crippen LogP contribution in [0.25, 0.3) is 0 Å². The third-order valence-corrected chi connectivity index (χ3v) is 6.54. The van der Waals surface area contributed by atoms with Gasteiger partial charge in [-0.1, -0.05) is 41.5 Å². The molecule has 0 saturated heterocycles. The summed E-state index contributed by atoms with van der Waals surface area (Å²) >= 11 is 0. The second kappa shape index (κ2) is 8.75. The van der Waals surface area contributed by atoms with Gasteiger partial charge in [0, 0.05) is 5.41 Å². The molecule has 34 heavy (non-hydrogen) atoms. The molecule has 3 rings (SSSR count). The smallest absolute Gasteiger partial charge is 0.433 e. The van der Waals surface area contributed by atoms with Gasteiger partial charge < -0.3 is 10.1 Å². The first-order valence-electron chi connectivity index (χ1n) is 10.7. The van der Waals surface area contributed by atoms with E-state index in [2.05, 4.69) is 15.4 Å². The molecule has 3 heterocycles. The Morgan fingerprint density at radius 2 is 1.85 bits per heavy atom. The van der Waals surface area contributed by atoms with Crippen LogP contribution in [0.15, 0.2) is 17.2 Å². The Balaban J connectivity index is 1.92. The van der Waals surface area contributed by atoms with Crippen LogP contribution < -0.4 is 14.8 Å². The normalized spacial score (nSPS) is 15.7. The maximum atomic E-state index is 13.4. The molecule has 0 unspecified atom stereocenters. The van der Waals surface area contributed by atoms with E-state index in [1.54, 1.807) is 27.7 Å². The number of carbonyl (C=O) groups is 1. The number of pyridine rings is 1. The topological polar surface area (TPSA) is 115 Å². The second-order valence-electron chi connectivity index (χ2n) is 9.65. The average Bonchev–Trinajstić information content (AvgIpc) is 3.08. The fourth-order valence-electron chi connectivity index (χ4n) is 3.57. The zero-order valence-corrected chi connectivity index (χ0v) is 20.6. The first-order valence-corrected chi connectivity index (χ1v) is 12.1. The van der Waals surface area contributed by atoms with Crippen LogP contribution in [0.2, 0.25) is 0 Å². The summed E-state index contributed by atoms with van der Waals surface area (Å²) in [7, 11) is -4.38. The van der Waals surface area contributed by atoms with Gasteiger partial charge in [-0.2, -0.15) is 18.3 Å². The number of halogens is 3. The molecule has 13 heteroatoms. The molecule has 2 aromatic rings. The van der Waals surface area contributed by atoms with Crippen LogP contribution in [0, 0.1) is 5.41 Å². The predicted octanol–water partition coefficient (Wildman–Crippen LogP) is 4.47. The van der Waals surface area contributed by atoms with Crippen LogP contribution in [0.5, 0.6) is 5.88 Å². The molecule has 9 nitrogen and oxygen atoms in total. The Bertz CT molecular complexity index is 1170. The summed E-state index contributed by atoms with van der Waals surface area (Å²) in [5.74, 6) is -0.874. The highest BCUT2D eigenvalue weighted by atomic mass is 32.2. The van der Waals surface area contributed by atoms with Crippen LogP contribution in [0.3, 0.4) is 0 Å². The number of nitrogens with zero attached hydrogens (tertiary/aromatic N) is 3. The number of hydrogen-bond acceptors (Lipinski definition) is 6. The number of hydrogen-bond donors (Lipinski definition) is 2. The van der Waals surface area contributed by atoms with Crippen molar-refractivity contribution in [1.82, 2.24) is 19.5 Å². The van der Waals surface area contributed by atoms with E-state index < -0.39 is 39.8 Å². The lowest BCUT2D eigenvalue weighted by Crippen LogP contribution is -2.36. The van der Waals surface area contributed by atoms with Gasteiger partial charge in [-0.15, -0.1) is 0 Å². The second-order valence-corrected chi connectivity index (χ2v) is 11.3. The first-order chi connectivity index (χ1) is 15.5. The average molecular weight is 504 g/mol. The zero-order chi connectivity index (χ0) is 25.6. The minimum Gasteiger partial charge on any atom is -0.476 e. The highest BCUT2D eigenvalue weighted by molar-refractivity contribution is 7.90. The van der Waals surface area contributed by atoms with Crippen molar-refractivity contribution in [2.45, 2.75) is 71.0 Å². The molecule has 0 spiro atoms. The molecule has 0 aliphatic carbocycles. The van der Waals surface area contributed by atoms with Gasteiger partial charge in [-0.25, -0.2) is 27.6 Å². The van der Waals surface area contributed by atoms with Crippen molar-refractivity contribution in [1.29, 1.82) is 0 Å². The van der Waals surface area contributed by atoms with E-state index in [0.29, 0.717) is 6.54 Å². The number of ether oxygens (including phenoxy) is 1. The SMILES string of the molecule is CC(C)c1cc(C(F)(F)F)nc(C(C)C)c1NC(=O)NS(=O)(=O)c1cnn2c1OCC(C)(C)C2. The van der Waals surface area contributed by atoms with Gasteiger partial charge in [0.1, 0.15) is 5.69 Å². The Kier molecular flexibility index (Phi) is 6.64. The molecule has 0 saturated carbocycles. The van der Waals surface area contributed by atoms with Gasteiger partial charge in [-0.3, -0.25) is 0 Å². The number of sulfonamides is 1. The zero-order valence-electron chi connectivity index (χ0n) is 19.7. The van der Waals surface area contributed by atoms with Gasteiger partial charge in [-0.05, 0) is 23.5 Å². The third kappa shape index (κ3) is 5.29. The van der Waals surface area contributed by atoms with Crippen molar-refractivity contribution < 1.29 is 31.1 Å². The van der Waals surface area contributed by atoms with E-state index in [0.717, 1.165) is 12.3 Å². The number of aromatic nitrogens is 3. The van der Waals surface area contributed by atoms with E-state index in [1.807, 2.05) is 18.6 Å². The highest BCUT2D eigenvalue weighted by Crippen LogP contribution is 2.37. The van der Waals surface area contributed by atoms with Crippen LogP contribution in [-0.4, -0.2) is 35.8 Å². The van der Waals surface area contributed by atoms with Crippen molar-refractivity contribution in [3.8, 4) is 5.88 Å². The van der Waals surface area contributed by atoms with E-state index in [-0.39, 0.29) is 39.7 Å². The molecule has 2 amide bonds. The Morgan fingerprint density at radius 3 is 2.41 bits per heavy atom. The number of alkyl halides is 3. The van der Waals surface area contributed by atoms with Crippen LogP contribution in [0.1, 0.15) is 70.3 Å². The molecule has 0 fully saturated rings. The van der Waals surface area contributed by atoms with Gasteiger partial charge >= 0.3 is 12.2 Å². The van der Waals surface area contributed by atoms with E-state index in [9.17, 15) is 26.4 Å². The first kappa shape index (κ1) is 25.8. The summed E-state index contributed by atoms with van der Waals surface area (Å²) < 4.78 is 74.8. The summed E-state index contributed by atoms with van der Waals surface area (Å²) in [5.41, 5.74) is -1.10. The van der Waals surface area contributed by atoms with Crippen LogP contribution in [-0.2, 0) is 22.7 Å². The molecule has 0 bridgehead atoms. The molecule has 2 aromatic heterocycles. The summed E-state index contributed by atoms with van der Waals surface area (Å²) in [4.78, 5) is 16.1. The van der Waals surface area contributed by atoms with Crippen molar-refractivity contribution in [2.75, 3.05) is 11.9 Å². The van der Waals surface area contributed by atoms with Crippen LogP contribution in [0.4, 0.5) is 23.7 Å². The lowest BCUT2D eigenvalue weighted by atomic mass is 9.94. The fraction of sp³-hybridized carbons (Fsp3) is 0.571. The van der Waals surface area contributed by atoms with Gasteiger partial charge in [0.15, 0.2) is 4.90 Å². The van der Waals surface area contributed by atoms with Gasteiger partial charge in [0.05, 0.1) is 30.7 Å². The minimum absolute atomic E-state index is 0.000416. The Hall–Kier alpha value is -2.83. The van der Waals surface area contributed by atoms with E-state index >= 15 is 0 Å². The number of amides is 2. The molecule has 1 aliphatic rings. The highest BCUT2D eigenvalue weighted by Gasteiger charge is 2.36. The van der Waals surface area contributed by atoms with Crippen molar-refractivity contribution >= 4 is 21.7 Å². The van der Waals surface area contributed by atoms with Crippen LogP contribution >= 0.6 is 0 Å². The number of carbonyl (C=O) groups excluding carboxylic acids is 1. The summed E-state index contributed by atoms with van der Waals surface area (Å²) in [6.45, 7) is 11.2. The standard InChI is InChI=1S/C21H28F3N5O4S/c1-11(2)13-7-15(21(22,23)24)26-16(12(3)4)17(13)27-19(30)28-34(31,32)14-8-25-29-9-20(5,6)10-33-18(14)29/h7-8,11-12H,9-10H2,1-6H3,(H2,27,28,30). The summed E-state index contributed by atoms with van der Waals surface area (Å²) in [6.07, 6.45) is -3.58. The Morgan fingerprint density at radius 1 is 1.21 bits per heavy atom. The van der Waals surface area contributed by atoms with Crippen molar-refractivity contribution in [2.24, 2.45) is 5.41 Å². The lowest BCUT2D eigenvalue weighted by Gasteiger charge is -2.30. The number of urea groups is 1. The Labute approximate surface area is 196 Å². The maximum Gasteiger partial charge on any atom is 0.433 e. The molecular weight excluding hydrogens is 475 g/mol. The molecule has 0 radical (unpaired) electrons. The monoisotopic (exact) mass is 503 g/mol. The van der Waals surface area contributed by atoms with Crippen molar-refractivity contribution in [3.05, 3.63) is 29.2 Å². The molecule has 0 aromatic carbocycles. The fourth-order valence-corrected chi connectivity index (χ4v) is 4.56. The largest absolute Gasteiger partial charge is 0.476 e.